The lowest BCUT2D eigenvalue weighted by atomic mass is 9.69. The molecular weight excluding hydrogens is 1790 g/mol. The fraction of sp³-hybridized carbons (Fsp3) is 0.641. The van der Waals surface area contributed by atoms with Crippen molar-refractivity contribution in [2.45, 2.75) is 386 Å². The van der Waals surface area contributed by atoms with E-state index in [9.17, 15) is 52.7 Å². The summed E-state index contributed by atoms with van der Waals surface area (Å²) in [6.07, 6.45) is 46.4. The van der Waals surface area contributed by atoms with Crippen LogP contribution in [0.5, 0.6) is 5.75 Å². The lowest BCUT2D eigenvalue weighted by molar-refractivity contribution is -0.225. The summed E-state index contributed by atoms with van der Waals surface area (Å²) in [6.45, 7) is 28.0. The van der Waals surface area contributed by atoms with Crippen LogP contribution in [-0.2, 0) is 38.5 Å². The largest absolute Gasteiger partial charge is 0.429 e. The first-order chi connectivity index (χ1) is 63.7. The Morgan fingerprint density at radius 2 is 0.433 bits per heavy atom. The summed E-state index contributed by atoms with van der Waals surface area (Å²) in [5, 5.41) is 1.26. The lowest BCUT2D eigenvalue weighted by Gasteiger charge is -2.38. The van der Waals surface area contributed by atoms with Crippen LogP contribution in [0.25, 0.3) is 0 Å². The molecular formula is C117H176Cl4F12O. The standard InChI is InChI=1S/C21H28F4O.4C16H22ClF.2C16H22F2.8H2/c1-13-3-6-15(7-4-13)16-8-10-17(11-9-16)21(24,25)26-18-12-5-14(2)19(22)20(18)23;2*1-11-3-6-13(7-4-11)8-10-14-9-5-12(2)16(18)15(14)17;4*1-11-3-6-13(7-4-11)8-10-14-9-5-12(2)15(17)16(14)18;;;;;;;;/h5,12-13,15-17H,3-4,6-11H2,1-2H3;6*5,9,11,13H,3-4,6-8,10H2,1-2H3;8*1H. The molecule has 8 aliphatic rings. The predicted molar refractivity (Wildman–Crippen MR) is 554 cm³/mol. The van der Waals surface area contributed by atoms with Crippen LogP contribution in [0.2, 0.25) is 20.1 Å². The maximum atomic E-state index is 14.5. The maximum absolute atomic E-state index is 14.5. The van der Waals surface area contributed by atoms with Gasteiger partial charge in [-0.15, -0.1) is 0 Å². The molecule has 0 atom stereocenters. The van der Waals surface area contributed by atoms with Gasteiger partial charge < -0.3 is 4.74 Å². The van der Waals surface area contributed by atoms with Crippen molar-refractivity contribution >= 4 is 46.4 Å². The Morgan fingerprint density at radius 1 is 0.231 bits per heavy atom. The van der Waals surface area contributed by atoms with Crippen LogP contribution < -0.4 is 4.74 Å². The molecule has 0 aromatic heterocycles. The maximum Gasteiger partial charge on any atom is 0.400 e. The molecule has 1 nitrogen and oxygen atoms in total. The van der Waals surface area contributed by atoms with E-state index in [1.807, 2.05) is 62.4 Å². The minimum Gasteiger partial charge on any atom is -0.429 e. The first-order valence-electron chi connectivity index (χ1n) is 51.9. The highest BCUT2D eigenvalue weighted by Crippen LogP contribution is 2.48. The first-order valence-corrected chi connectivity index (χ1v) is 53.4. The molecule has 0 amide bonds. The van der Waals surface area contributed by atoms with Crippen molar-refractivity contribution in [1.29, 1.82) is 0 Å². The van der Waals surface area contributed by atoms with Gasteiger partial charge in [-0.25, -0.2) is 39.5 Å². The summed E-state index contributed by atoms with van der Waals surface area (Å²) in [5.41, 5.74) is 8.35. The number of alkyl halides is 2. The number of hydrogen-bond acceptors (Lipinski definition) is 1. The van der Waals surface area contributed by atoms with Crippen LogP contribution in [0.1, 0.15) is 376 Å². The second-order valence-corrected chi connectivity index (χ2v) is 44.8. The van der Waals surface area contributed by atoms with Crippen LogP contribution in [0.3, 0.4) is 0 Å². The van der Waals surface area contributed by atoms with Gasteiger partial charge in [-0.1, -0.05) is 341 Å². The Labute approximate surface area is 831 Å². The van der Waals surface area contributed by atoms with Crippen molar-refractivity contribution in [2.75, 3.05) is 0 Å². The Kier molecular flexibility index (Phi) is 46.7. The van der Waals surface area contributed by atoms with Gasteiger partial charge in [-0.3, -0.25) is 0 Å². The van der Waals surface area contributed by atoms with E-state index in [0.717, 1.165) is 182 Å². The Morgan fingerprint density at radius 3 is 0.701 bits per heavy atom. The zero-order valence-electron chi connectivity index (χ0n) is 83.4. The second-order valence-electron chi connectivity index (χ2n) is 43.3. The van der Waals surface area contributed by atoms with Gasteiger partial charge in [0.15, 0.2) is 34.8 Å². The van der Waals surface area contributed by atoms with E-state index in [1.165, 1.54) is 193 Å². The fourth-order valence-corrected chi connectivity index (χ4v) is 22.7. The van der Waals surface area contributed by atoms with Crippen molar-refractivity contribution in [3.8, 4) is 5.75 Å². The van der Waals surface area contributed by atoms with Gasteiger partial charge in [0.05, 0.1) is 26.0 Å². The number of rotatable bonds is 22. The molecule has 0 spiro atoms. The topological polar surface area (TPSA) is 9.23 Å². The number of aryl methyl sites for hydroxylation is 13. The van der Waals surface area contributed by atoms with Gasteiger partial charge in [0.1, 0.15) is 23.3 Å². The van der Waals surface area contributed by atoms with E-state index < -0.39 is 52.7 Å². The Bertz CT molecular complexity index is 4120. The first kappa shape index (κ1) is 112. The summed E-state index contributed by atoms with van der Waals surface area (Å²) in [5.74, 6) is 4.10. The molecule has 17 heteroatoms. The third kappa shape index (κ3) is 35.1. The molecule has 0 unspecified atom stereocenters. The van der Waals surface area contributed by atoms with Gasteiger partial charge in [0, 0.05) is 11.4 Å². The van der Waals surface area contributed by atoms with E-state index in [0.29, 0.717) is 103 Å². The second kappa shape index (κ2) is 55.8. The summed E-state index contributed by atoms with van der Waals surface area (Å²) in [6, 6.07) is 24.4. The molecule has 762 valence electrons. The predicted octanol–water partition coefficient (Wildman–Crippen LogP) is 41.1. The van der Waals surface area contributed by atoms with Crippen LogP contribution in [0.15, 0.2) is 84.9 Å². The highest BCUT2D eigenvalue weighted by Gasteiger charge is 2.46. The fourth-order valence-electron chi connectivity index (χ4n) is 21.8. The molecule has 8 aliphatic carbocycles. The van der Waals surface area contributed by atoms with Crippen molar-refractivity contribution in [2.24, 2.45) is 94.7 Å². The molecule has 0 radical (unpaired) electrons. The Hall–Kier alpha value is -5.34. The third-order valence-corrected chi connectivity index (χ3v) is 34.1. The molecule has 0 bridgehead atoms. The third-order valence-electron chi connectivity index (χ3n) is 32.3. The molecule has 7 aromatic rings. The van der Waals surface area contributed by atoms with E-state index >= 15 is 0 Å². The molecule has 0 heterocycles. The van der Waals surface area contributed by atoms with E-state index in [4.69, 9.17) is 46.4 Å². The molecule has 134 heavy (non-hydrogen) atoms. The van der Waals surface area contributed by atoms with Crippen molar-refractivity contribution in [3.05, 3.63) is 236 Å². The van der Waals surface area contributed by atoms with Gasteiger partial charge in [0.2, 0.25) is 5.82 Å². The van der Waals surface area contributed by atoms with Crippen LogP contribution in [-0.4, -0.2) is 6.11 Å². The van der Waals surface area contributed by atoms with Crippen LogP contribution in [0.4, 0.5) is 52.7 Å². The number of ether oxygens (including phenoxy) is 1. The lowest BCUT2D eigenvalue weighted by Crippen LogP contribution is -2.38. The van der Waals surface area contributed by atoms with Crippen LogP contribution >= 0.6 is 46.4 Å². The molecule has 0 N–H and O–H groups in total. The molecule has 0 aliphatic heterocycles. The smallest absolute Gasteiger partial charge is 0.400 e. The quantitative estimate of drug-likeness (QED) is 0.0615. The molecule has 8 saturated carbocycles. The van der Waals surface area contributed by atoms with E-state index in [-0.39, 0.29) is 40.2 Å². The average Bonchev–Trinajstić information content (AvgIpc) is 0.809. The normalized spacial score (nSPS) is 25.4. The zero-order valence-corrected chi connectivity index (χ0v) is 86.4. The minimum atomic E-state index is -3.48. The van der Waals surface area contributed by atoms with Gasteiger partial charge in [-0.05, 0) is 331 Å². The number of benzene rings is 7. The summed E-state index contributed by atoms with van der Waals surface area (Å²) in [7, 11) is 0. The van der Waals surface area contributed by atoms with Gasteiger partial charge >= 0.3 is 6.11 Å². The van der Waals surface area contributed by atoms with Crippen molar-refractivity contribution in [1.82, 2.24) is 0 Å². The summed E-state index contributed by atoms with van der Waals surface area (Å²) >= 11 is 24.0. The summed E-state index contributed by atoms with van der Waals surface area (Å²) < 4.78 is 171. The molecule has 15 rings (SSSR count). The van der Waals surface area contributed by atoms with E-state index in [2.05, 4.69) is 53.2 Å². The molecule has 0 saturated heterocycles. The van der Waals surface area contributed by atoms with Crippen LogP contribution in [0, 0.1) is 201 Å². The Balaban J connectivity index is 0.000000824. The zero-order chi connectivity index (χ0) is 97.6. The van der Waals surface area contributed by atoms with E-state index in [1.54, 1.807) is 52.0 Å². The molecule has 8 fully saturated rings. The number of hydrogen-bond donors (Lipinski definition) is 0. The highest BCUT2D eigenvalue weighted by atomic mass is 35.5. The van der Waals surface area contributed by atoms with Crippen molar-refractivity contribution in [3.63, 3.8) is 0 Å². The monoisotopic (exact) mass is 1970 g/mol. The SMILES string of the molecule is Cc1ccc(CCC2CCC(C)CC2)c(Cl)c1F.Cc1ccc(CCC2CCC(C)CC2)c(Cl)c1F.Cc1ccc(CCC2CCC(C)CC2)c(F)c1Cl.Cc1ccc(CCC2CCC(C)CC2)c(F)c1Cl.Cc1ccc(CCC2CCC(C)CC2)c(F)c1F.Cc1ccc(CCC2CCC(C)CC2)c(F)c1F.Cc1ccc(OC(F)(F)C2CCC(C3CCC(C)CC3)CC2)c(F)c1F.[HH].[HH].[HH].[HH].[HH].[HH].[HH].[HH]. The minimum absolute atomic E-state index is 0. The summed E-state index contributed by atoms with van der Waals surface area (Å²) in [4.78, 5) is 0. The van der Waals surface area contributed by atoms with Crippen molar-refractivity contribution < 1.29 is 68.8 Å². The number of halogens is 16. The highest BCUT2D eigenvalue weighted by molar-refractivity contribution is 6.32. The van der Waals surface area contributed by atoms with Gasteiger partial charge in [0.25, 0.3) is 0 Å². The van der Waals surface area contributed by atoms with Gasteiger partial charge in [-0.2, -0.15) is 13.2 Å². The molecule has 7 aromatic carbocycles. The average molecular weight is 1970 g/mol.